The summed E-state index contributed by atoms with van der Waals surface area (Å²) in [4.78, 5) is 13.0. The maximum Gasteiger partial charge on any atom is 0.316 e. The fourth-order valence-electron chi connectivity index (χ4n) is 4.90. The zero-order valence-corrected chi connectivity index (χ0v) is 17.8. The van der Waals surface area contributed by atoms with Crippen molar-refractivity contribution in [1.82, 2.24) is 5.32 Å². The molecule has 0 spiro atoms. The molecule has 3 aliphatic rings. The van der Waals surface area contributed by atoms with E-state index in [4.69, 9.17) is 18.9 Å². The Morgan fingerprint density at radius 1 is 1.36 bits per heavy atom. The Balaban J connectivity index is 0.00000225. The number of hydrogen-bond acceptors (Lipinski definition) is 6. The van der Waals surface area contributed by atoms with Crippen LogP contribution in [-0.4, -0.2) is 44.5 Å². The number of carbonyl (C=O) groups is 1. The molecule has 1 aromatic rings. The molecule has 156 valence electrons. The van der Waals surface area contributed by atoms with Gasteiger partial charge in [0.2, 0.25) is 0 Å². The Hall–Kier alpha value is -1.50. The van der Waals surface area contributed by atoms with E-state index in [-0.39, 0.29) is 36.5 Å². The second-order valence-electron chi connectivity index (χ2n) is 8.31. The standard InChI is InChI=1S/C21H29NO5.ClH/c1-5-25-19(23)21-11-15-18(26-17(21)8-9-22-12-21)14-10-13(24-4)6-7-16(14)27-20(15,2)3;/h6-7,10,15,17-18,22H,5,8-9,11-12H2,1-4H3;1H/t15-,17-,18+,21-;/m0./s1. The van der Waals surface area contributed by atoms with E-state index in [0.29, 0.717) is 19.6 Å². The molecule has 0 aromatic heterocycles. The molecule has 3 heterocycles. The third kappa shape index (κ3) is 3.25. The number of methoxy groups -OCH3 is 1. The van der Waals surface area contributed by atoms with Gasteiger partial charge < -0.3 is 24.3 Å². The first kappa shape index (κ1) is 21.2. The zero-order valence-electron chi connectivity index (χ0n) is 16.9. The van der Waals surface area contributed by atoms with Crippen molar-refractivity contribution in [2.24, 2.45) is 11.3 Å². The fourth-order valence-corrected chi connectivity index (χ4v) is 4.90. The minimum atomic E-state index is -0.660. The highest BCUT2D eigenvalue weighted by molar-refractivity contribution is 5.85. The maximum absolute atomic E-state index is 13.0. The minimum absolute atomic E-state index is 0. The van der Waals surface area contributed by atoms with Crippen LogP contribution in [0.4, 0.5) is 0 Å². The second-order valence-corrected chi connectivity index (χ2v) is 8.31. The lowest BCUT2D eigenvalue weighted by Crippen LogP contribution is -2.63. The summed E-state index contributed by atoms with van der Waals surface area (Å²) >= 11 is 0. The Kier molecular flexibility index (Phi) is 5.86. The largest absolute Gasteiger partial charge is 0.497 e. The van der Waals surface area contributed by atoms with Gasteiger partial charge in [0.05, 0.1) is 25.9 Å². The number of carbonyl (C=O) groups excluding carboxylic acids is 1. The normalized spacial score (nSPS) is 32.5. The van der Waals surface area contributed by atoms with Crippen LogP contribution in [0.5, 0.6) is 11.5 Å². The lowest BCUT2D eigenvalue weighted by atomic mass is 9.63. The second kappa shape index (κ2) is 7.73. The zero-order chi connectivity index (χ0) is 19.2. The van der Waals surface area contributed by atoms with E-state index < -0.39 is 11.0 Å². The quantitative estimate of drug-likeness (QED) is 0.770. The van der Waals surface area contributed by atoms with Crippen molar-refractivity contribution in [3.63, 3.8) is 0 Å². The van der Waals surface area contributed by atoms with E-state index in [1.165, 1.54) is 0 Å². The topological polar surface area (TPSA) is 66.0 Å². The lowest BCUT2D eigenvalue weighted by Gasteiger charge is -2.56. The van der Waals surface area contributed by atoms with Gasteiger partial charge in [0.1, 0.15) is 22.5 Å². The Labute approximate surface area is 172 Å². The van der Waals surface area contributed by atoms with Crippen molar-refractivity contribution in [3.8, 4) is 11.5 Å². The van der Waals surface area contributed by atoms with Gasteiger partial charge in [-0.05, 0) is 58.4 Å². The number of ether oxygens (including phenoxy) is 4. The van der Waals surface area contributed by atoms with Crippen LogP contribution < -0.4 is 14.8 Å². The van der Waals surface area contributed by atoms with Gasteiger partial charge in [-0.15, -0.1) is 12.4 Å². The molecule has 6 nitrogen and oxygen atoms in total. The van der Waals surface area contributed by atoms with Crippen LogP contribution in [0.3, 0.4) is 0 Å². The van der Waals surface area contributed by atoms with Crippen LogP contribution in [0.15, 0.2) is 18.2 Å². The van der Waals surface area contributed by atoms with Gasteiger partial charge in [-0.3, -0.25) is 4.79 Å². The molecule has 28 heavy (non-hydrogen) atoms. The van der Waals surface area contributed by atoms with Crippen LogP contribution in [0.2, 0.25) is 0 Å². The first-order valence-electron chi connectivity index (χ1n) is 9.81. The third-order valence-electron chi connectivity index (χ3n) is 6.37. The number of benzene rings is 1. The molecule has 0 unspecified atom stereocenters. The highest BCUT2D eigenvalue weighted by Crippen LogP contribution is 2.56. The van der Waals surface area contributed by atoms with Crippen LogP contribution in [0.25, 0.3) is 0 Å². The molecular weight excluding hydrogens is 382 g/mol. The first-order chi connectivity index (χ1) is 12.9. The Morgan fingerprint density at radius 2 is 2.14 bits per heavy atom. The van der Waals surface area contributed by atoms with Gasteiger partial charge in [-0.2, -0.15) is 0 Å². The van der Waals surface area contributed by atoms with Crippen LogP contribution >= 0.6 is 12.4 Å². The number of hydrogen-bond donors (Lipinski definition) is 1. The first-order valence-corrected chi connectivity index (χ1v) is 9.81. The molecule has 4 rings (SSSR count). The summed E-state index contributed by atoms with van der Waals surface area (Å²) in [5.74, 6) is 1.50. The predicted molar refractivity (Wildman–Crippen MR) is 107 cm³/mol. The van der Waals surface area contributed by atoms with Crippen LogP contribution in [0.1, 0.15) is 45.3 Å². The van der Waals surface area contributed by atoms with Gasteiger partial charge >= 0.3 is 5.97 Å². The Bertz CT molecular complexity index is 740. The van der Waals surface area contributed by atoms with Gasteiger partial charge in [-0.25, -0.2) is 0 Å². The Morgan fingerprint density at radius 3 is 2.86 bits per heavy atom. The summed E-state index contributed by atoms with van der Waals surface area (Å²) in [6.07, 6.45) is 1.19. The average Bonchev–Trinajstić information content (AvgIpc) is 2.66. The molecule has 4 atom stereocenters. The molecule has 0 radical (unpaired) electrons. The lowest BCUT2D eigenvalue weighted by molar-refractivity contribution is -0.223. The van der Waals surface area contributed by atoms with E-state index in [1.807, 2.05) is 25.1 Å². The smallest absolute Gasteiger partial charge is 0.316 e. The monoisotopic (exact) mass is 411 g/mol. The predicted octanol–water partition coefficient (Wildman–Crippen LogP) is 3.28. The summed E-state index contributed by atoms with van der Waals surface area (Å²) in [6, 6.07) is 5.86. The van der Waals surface area contributed by atoms with Gasteiger partial charge in [0, 0.05) is 18.0 Å². The highest BCUT2D eigenvalue weighted by Gasteiger charge is 2.60. The van der Waals surface area contributed by atoms with E-state index in [1.54, 1.807) is 7.11 Å². The van der Waals surface area contributed by atoms with Crippen LogP contribution in [0, 0.1) is 11.3 Å². The number of halogens is 1. The number of esters is 1. The molecule has 0 aliphatic carbocycles. The summed E-state index contributed by atoms with van der Waals surface area (Å²) in [5, 5.41) is 3.38. The van der Waals surface area contributed by atoms with Crippen LogP contribution in [-0.2, 0) is 14.3 Å². The van der Waals surface area contributed by atoms with Crippen molar-refractivity contribution in [2.45, 2.75) is 51.4 Å². The van der Waals surface area contributed by atoms with Gasteiger partial charge in [-0.1, -0.05) is 0 Å². The molecule has 0 saturated carbocycles. The molecule has 0 bridgehead atoms. The molecule has 0 amide bonds. The van der Waals surface area contributed by atoms with Crippen molar-refractivity contribution in [2.75, 3.05) is 26.8 Å². The average molecular weight is 412 g/mol. The van der Waals surface area contributed by atoms with E-state index in [0.717, 1.165) is 30.0 Å². The molecule has 2 saturated heterocycles. The van der Waals surface area contributed by atoms with E-state index in [2.05, 4.69) is 19.2 Å². The molecule has 3 aliphatic heterocycles. The van der Waals surface area contributed by atoms with Crippen molar-refractivity contribution in [3.05, 3.63) is 23.8 Å². The number of piperidine rings is 1. The molecule has 1 aromatic carbocycles. The van der Waals surface area contributed by atoms with E-state index >= 15 is 0 Å². The third-order valence-corrected chi connectivity index (χ3v) is 6.37. The maximum atomic E-state index is 13.0. The highest BCUT2D eigenvalue weighted by atomic mass is 35.5. The summed E-state index contributed by atoms with van der Waals surface area (Å²) in [6.45, 7) is 7.81. The number of rotatable bonds is 3. The SMILES string of the molecule is CCOC(=O)[C@@]12CNCC[C@@H]1O[C@@H]1c3cc(OC)ccc3OC(C)(C)[C@H]1C2.Cl. The summed E-state index contributed by atoms with van der Waals surface area (Å²) < 4.78 is 23.9. The summed E-state index contributed by atoms with van der Waals surface area (Å²) in [7, 11) is 1.66. The number of fused-ring (bicyclic) bond motifs is 4. The molecule has 2 fully saturated rings. The van der Waals surface area contributed by atoms with Crippen molar-refractivity contribution in [1.29, 1.82) is 0 Å². The van der Waals surface area contributed by atoms with Gasteiger partial charge in [0.15, 0.2) is 0 Å². The number of nitrogens with one attached hydrogen (secondary N) is 1. The molecular formula is C21H30ClNO5. The van der Waals surface area contributed by atoms with Crippen molar-refractivity contribution < 1.29 is 23.7 Å². The molecule has 1 N–H and O–H groups in total. The minimum Gasteiger partial charge on any atom is -0.497 e. The van der Waals surface area contributed by atoms with E-state index in [9.17, 15) is 4.79 Å². The van der Waals surface area contributed by atoms with Gasteiger partial charge in [0.25, 0.3) is 0 Å². The van der Waals surface area contributed by atoms with Crippen molar-refractivity contribution >= 4 is 18.4 Å². The summed E-state index contributed by atoms with van der Waals surface area (Å²) in [5.41, 5.74) is -0.102. The fraction of sp³-hybridized carbons (Fsp3) is 0.667. The molecule has 7 heteroatoms.